The molecule has 0 unspecified atom stereocenters. The highest BCUT2D eigenvalue weighted by Gasteiger charge is 2.32. The van der Waals surface area contributed by atoms with E-state index in [4.69, 9.17) is 0 Å². The summed E-state index contributed by atoms with van der Waals surface area (Å²) in [7, 11) is 0. The largest absolute Gasteiger partial charge is 0.435 e. The number of unbranched alkanes of at least 4 members (excludes halogenated alkanes) is 1. The smallest absolute Gasteiger partial charge is 0.164 e. The second-order valence-electron chi connectivity index (χ2n) is 3.01. The summed E-state index contributed by atoms with van der Waals surface area (Å²) in [6.45, 7) is 2.01. The van der Waals surface area contributed by atoms with Crippen LogP contribution in [0, 0.1) is 0 Å². The zero-order valence-corrected chi connectivity index (χ0v) is 7.80. The summed E-state index contributed by atoms with van der Waals surface area (Å²) < 4.78 is 36.2. The predicted octanol–water partition coefficient (Wildman–Crippen LogP) is 2.84. The number of nitrogens with zero attached hydrogens (tertiary/aromatic N) is 2. The molecule has 0 aromatic carbocycles. The Kier molecular flexibility index (Phi) is 3.43. The van der Waals surface area contributed by atoms with Crippen LogP contribution in [-0.4, -0.2) is 10.2 Å². The first-order chi connectivity index (χ1) is 6.54. The molecule has 0 amide bonds. The van der Waals surface area contributed by atoms with Crippen molar-refractivity contribution in [2.75, 3.05) is 0 Å². The van der Waals surface area contributed by atoms with Crippen LogP contribution in [0.25, 0.3) is 0 Å². The molecule has 0 fully saturated rings. The molecule has 0 radical (unpaired) electrons. The van der Waals surface area contributed by atoms with Crippen molar-refractivity contribution in [2.45, 2.75) is 32.4 Å². The van der Waals surface area contributed by atoms with E-state index in [2.05, 4.69) is 10.2 Å². The Balaban J connectivity index is 2.69. The van der Waals surface area contributed by atoms with Crippen molar-refractivity contribution in [1.82, 2.24) is 10.2 Å². The highest BCUT2D eigenvalue weighted by atomic mass is 19.4. The van der Waals surface area contributed by atoms with Crippen LogP contribution >= 0.6 is 0 Å². The van der Waals surface area contributed by atoms with Crippen molar-refractivity contribution in [3.05, 3.63) is 23.5 Å². The third-order valence-electron chi connectivity index (χ3n) is 1.80. The Hall–Kier alpha value is -1.13. The zero-order chi connectivity index (χ0) is 10.6. The van der Waals surface area contributed by atoms with Gasteiger partial charge < -0.3 is 0 Å². The molecule has 14 heavy (non-hydrogen) atoms. The third kappa shape index (κ3) is 2.97. The standard InChI is InChI=1S/C9H11F3N2/c1-2-3-4-7-5-6-8(14-13-7)9(10,11)12/h5-6H,2-4H2,1H3. The van der Waals surface area contributed by atoms with Gasteiger partial charge in [-0.15, -0.1) is 5.10 Å². The minimum atomic E-state index is -4.39. The van der Waals surface area contributed by atoms with Gasteiger partial charge in [-0.05, 0) is 25.0 Å². The normalized spacial score (nSPS) is 11.7. The molecule has 0 aliphatic rings. The first kappa shape index (κ1) is 10.9. The van der Waals surface area contributed by atoms with E-state index in [1.807, 2.05) is 6.92 Å². The average molecular weight is 204 g/mol. The molecule has 0 N–H and O–H groups in total. The Morgan fingerprint density at radius 2 is 1.93 bits per heavy atom. The lowest BCUT2D eigenvalue weighted by atomic mass is 10.2. The van der Waals surface area contributed by atoms with Gasteiger partial charge in [0.1, 0.15) is 0 Å². The highest BCUT2D eigenvalue weighted by molar-refractivity contribution is 5.09. The molecule has 2 nitrogen and oxygen atoms in total. The fourth-order valence-corrected chi connectivity index (χ4v) is 1.00. The van der Waals surface area contributed by atoms with Crippen molar-refractivity contribution >= 4 is 0 Å². The van der Waals surface area contributed by atoms with Crippen LogP contribution in [0.3, 0.4) is 0 Å². The SMILES string of the molecule is CCCCc1ccc(C(F)(F)F)nn1. The molecule has 5 heteroatoms. The van der Waals surface area contributed by atoms with Crippen LogP contribution in [-0.2, 0) is 12.6 Å². The molecule has 1 heterocycles. The first-order valence-corrected chi connectivity index (χ1v) is 4.44. The lowest BCUT2D eigenvalue weighted by Crippen LogP contribution is -2.09. The van der Waals surface area contributed by atoms with Gasteiger partial charge in [-0.25, -0.2) is 0 Å². The second-order valence-corrected chi connectivity index (χ2v) is 3.01. The van der Waals surface area contributed by atoms with Crippen LogP contribution in [0.15, 0.2) is 12.1 Å². The molecular formula is C9H11F3N2. The Bertz CT molecular complexity index is 279. The van der Waals surface area contributed by atoms with E-state index >= 15 is 0 Å². The van der Waals surface area contributed by atoms with E-state index < -0.39 is 11.9 Å². The van der Waals surface area contributed by atoms with Crippen molar-refractivity contribution in [1.29, 1.82) is 0 Å². The summed E-state index contributed by atoms with van der Waals surface area (Å²) in [5.74, 6) is 0. The topological polar surface area (TPSA) is 25.8 Å². The molecule has 0 bridgehead atoms. The van der Waals surface area contributed by atoms with E-state index in [0.29, 0.717) is 12.1 Å². The molecule has 0 saturated carbocycles. The summed E-state index contributed by atoms with van der Waals surface area (Å²) in [6.07, 6.45) is -1.80. The number of rotatable bonds is 3. The summed E-state index contributed by atoms with van der Waals surface area (Å²) in [5.41, 5.74) is -0.322. The van der Waals surface area contributed by atoms with E-state index in [-0.39, 0.29) is 0 Å². The van der Waals surface area contributed by atoms with Crippen molar-refractivity contribution in [2.24, 2.45) is 0 Å². The van der Waals surface area contributed by atoms with E-state index in [1.54, 1.807) is 0 Å². The number of alkyl halides is 3. The second kappa shape index (κ2) is 4.39. The molecule has 0 saturated heterocycles. The lowest BCUT2D eigenvalue weighted by Gasteiger charge is -2.04. The highest BCUT2D eigenvalue weighted by Crippen LogP contribution is 2.26. The maximum absolute atomic E-state index is 12.1. The molecule has 0 atom stereocenters. The van der Waals surface area contributed by atoms with Gasteiger partial charge in [-0.1, -0.05) is 13.3 Å². The van der Waals surface area contributed by atoms with E-state index in [1.165, 1.54) is 6.07 Å². The number of aryl methyl sites for hydroxylation is 1. The monoisotopic (exact) mass is 204 g/mol. The molecule has 78 valence electrons. The fraction of sp³-hybridized carbons (Fsp3) is 0.556. The maximum atomic E-state index is 12.1. The van der Waals surface area contributed by atoms with Gasteiger partial charge in [0.25, 0.3) is 0 Å². The summed E-state index contributed by atoms with van der Waals surface area (Å²) in [6, 6.07) is 2.35. The van der Waals surface area contributed by atoms with E-state index in [9.17, 15) is 13.2 Å². The van der Waals surface area contributed by atoms with Gasteiger partial charge in [0.15, 0.2) is 5.69 Å². The summed E-state index contributed by atoms with van der Waals surface area (Å²) in [4.78, 5) is 0. The zero-order valence-electron chi connectivity index (χ0n) is 7.80. The molecule has 1 rings (SSSR count). The fourth-order valence-electron chi connectivity index (χ4n) is 1.00. The third-order valence-corrected chi connectivity index (χ3v) is 1.80. The molecular weight excluding hydrogens is 193 g/mol. The van der Waals surface area contributed by atoms with Crippen LogP contribution in [0.5, 0.6) is 0 Å². The average Bonchev–Trinajstić information content (AvgIpc) is 2.14. The van der Waals surface area contributed by atoms with Crippen LogP contribution in [0.2, 0.25) is 0 Å². The van der Waals surface area contributed by atoms with Crippen LogP contribution in [0.4, 0.5) is 13.2 Å². The summed E-state index contributed by atoms with van der Waals surface area (Å²) >= 11 is 0. The molecule has 0 spiro atoms. The number of halogens is 3. The van der Waals surface area contributed by atoms with Crippen molar-refractivity contribution < 1.29 is 13.2 Å². The number of aromatic nitrogens is 2. The Morgan fingerprint density at radius 1 is 1.21 bits per heavy atom. The molecule has 1 aromatic heterocycles. The van der Waals surface area contributed by atoms with Gasteiger partial charge >= 0.3 is 6.18 Å². The lowest BCUT2D eigenvalue weighted by molar-refractivity contribution is -0.141. The number of hydrogen-bond acceptors (Lipinski definition) is 2. The van der Waals surface area contributed by atoms with Gasteiger partial charge in [0.2, 0.25) is 0 Å². The van der Waals surface area contributed by atoms with Gasteiger partial charge in [-0.2, -0.15) is 18.3 Å². The minimum Gasteiger partial charge on any atom is -0.164 e. The van der Waals surface area contributed by atoms with Crippen molar-refractivity contribution in [3.8, 4) is 0 Å². The minimum absolute atomic E-state index is 0.611. The maximum Gasteiger partial charge on any atom is 0.435 e. The first-order valence-electron chi connectivity index (χ1n) is 4.44. The van der Waals surface area contributed by atoms with E-state index in [0.717, 1.165) is 18.9 Å². The molecule has 0 aliphatic heterocycles. The quantitative estimate of drug-likeness (QED) is 0.756. The van der Waals surface area contributed by atoms with Crippen molar-refractivity contribution in [3.63, 3.8) is 0 Å². The van der Waals surface area contributed by atoms with Gasteiger partial charge in [-0.3, -0.25) is 0 Å². The van der Waals surface area contributed by atoms with Crippen LogP contribution < -0.4 is 0 Å². The predicted molar refractivity (Wildman–Crippen MR) is 45.6 cm³/mol. The Morgan fingerprint density at radius 3 is 2.36 bits per heavy atom. The Labute approximate surface area is 80.2 Å². The van der Waals surface area contributed by atoms with Crippen LogP contribution in [0.1, 0.15) is 31.2 Å². The summed E-state index contributed by atoms with van der Waals surface area (Å²) in [5, 5.41) is 6.64. The molecule has 1 aromatic rings. The van der Waals surface area contributed by atoms with Gasteiger partial charge in [0.05, 0.1) is 5.69 Å². The number of hydrogen-bond donors (Lipinski definition) is 0. The molecule has 0 aliphatic carbocycles. The van der Waals surface area contributed by atoms with Gasteiger partial charge in [0, 0.05) is 0 Å².